The second kappa shape index (κ2) is 6.34. The largest absolute Gasteiger partial charge is 0.328 e. The average molecular weight is 419 g/mol. The second-order valence-corrected chi connectivity index (χ2v) is 8.23. The lowest BCUT2D eigenvalue weighted by Crippen LogP contribution is -2.51. The summed E-state index contributed by atoms with van der Waals surface area (Å²) >= 11 is 6.98. The van der Waals surface area contributed by atoms with Gasteiger partial charge in [-0.15, -0.1) is 0 Å². The molecular formula is C15H21Br2N3O. The number of aromatic nitrogens is 1. The number of carbonyl (C=O) groups is 1. The Hall–Kier alpha value is -0.460. The Bertz CT molecular complexity index is 542. The summed E-state index contributed by atoms with van der Waals surface area (Å²) in [7, 11) is 0. The van der Waals surface area contributed by atoms with E-state index in [1.165, 1.54) is 0 Å². The predicted molar refractivity (Wildman–Crippen MR) is 90.8 cm³/mol. The van der Waals surface area contributed by atoms with Crippen LogP contribution >= 0.6 is 31.9 Å². The number of amides is 1. The molecule has 4 nitrogen and oxygen atoms in total. The highest BCUT2D eigenvalue weighted by Crippen LogP contribution is 2.37. The molecular weight excluding hydrogens is 398 g/mol. The fraction of sp³-hybridized carbons (Fsp3) is 0.600. The molecule has 0 aliphatic carbocycles. The number of likely N-dealkylation sites (tertiary alicyclic amines) is 1. The molecule has 2 unspecified atom stereocenters. The van der Waals surface area contributed by atoms with E-state index >= 15 is 0 Å². The molecule has 6 heteroatoms. The maximum absolute atomic E-state index is 12.6. The zero-order valence-electron chi connectivity index (χ0n) is 12.6. The first kappa shape index (κ1) is 16.9. The van der Waals surface area contributed by atoms with Gasteiger partial charge in [-0.25, -0.2) is 0 Å². The van der Waals surface area contributed by atoms with Crippen LogP contribution < -0.4 is 5.73 Å². The highest BCUT2D eigenvalue weighted by atomic mass is 79.9. The van der Waals surface area contributed by atoms with Gasteiger partial charge >= 0.3 is 0 Å². The van der Waals surface area contributed by atoms with Crippen molar-refractivity contribution >= 4 is 37.8 Å². The molecule has 2 N–H and O–H groups in total. The fourth-order valence-corrected chi connectivity index (χ4v) is 4.10. The molecule has 0 aromatic carbocycles. The third-order valence-corrected chi connectivity index (χ3v) is 4.79. The van der Waals surface area contributed by atoms with Crippen LogP contribution in [0.3, 0.4) is 0 Å². The van der Waals surface area contributed by atoms with E-state index in [9.17, 15) is 4.79 Å². The number of pyridine rings is 1. The monoisotopic (exact) mass is 417 g/mol. The van der Waals surface area contributed by atoms with E-state index in [2.05, 4.69) is 36.8 Å². The average Bonchev–Trinajstić information content (AvgIpc) is 2.48. The molecule has 21 heavy (non-hydrogen) atoms. The van der Waals surface area contributed by atoms with Gasteiger partial charge in [0.15, 0.2) is 0 Å². The lowest BCUT2D eigenvalue weighted by atomic mass is 9.95. The van der Waals surface area contributed by atoms with E-state index in [1.807, 2.05) is 31.7 Å². The van der Waals surface area contributed by atoms with Gasteiger partial charge in [0.1, 0.15) is 0 Å². The van der Waals surface area contributed by atoms with Crippen LogP contribution in [0.2, 0.25) is 0 Å². The lowest BCUT2D eigenvalue weighted by molar-refractivity contribution is -0.139. The molecule has 0 radical (unpaired) electrons. The van der Waals surface area contributed by atoms with Gasteiger partial charge in [-0.1, -0.05) is 0 Å². The van der Waals surface area contributed by atoms with Crippen LogP contribution in [-0.2, 0) is 4.79 Å². The zero-order valence-corrected chi connectivity index (χ0v) is 15.7. The van der Waals surface area contributed by atoms with E-state index in [0.29, 0.717) is 6.42 Å². The van der Waals surface area contributed by atoms with E-state index in [-0.39, 0.29) is 23.5 Å². The van der Waals surface area contributed by atoms with Crippen molar-refractivity contribution in [3.8, 4) is 0 Å². The van der Waals surface area contributed by atoms with Crippen LogP contribution in [0.4, 0.5) is 0 Å². The fourth-order valence-electron chi connectivity index (χ4n) is 2.87. The summed E-state index contributed by atoms with van der Waals surface area (Å²) in [6, 6.07) is 1.63. The SMILES string of the molecule is CC(C)(C)N1C(=O)CCCC(N)C1c1ncc(Br)cc1Br. The minimum atomic E-state index is -0.294. The summed E-state index contributed by atoms with van der Waals surface area (Å²) in [6.07, 6.45) is 3.96. The van der Waals surface area contributed by atoms with E-state index in [4.69, 9.17) is 5.73 Å². The third-order valence-electron chi connectivity index (χ3n) is 3.72. The minimum Gasteiger partial charge on any atom is -0.328 e. The molecule has 2 rings (SSSR count). The van der Waals surface area contributed by atoms with Crippen LogP contribution in [0.1, 0.15) is 51.8 Å². The van der Waals surface area contributed by atoms with Crippen LogP contribution in [0, 0.1) is 0 Å². The van der Waals surface area contributed by atoms with Gasteiger partial charge in [0.2, 0.25) is 5.91 Å². The smallest absolute Gasteiger partial charge is 0.223 e. The van der Waals surface area contributed by atoms with Crippen LogP contribution in [-0.4, -0.2) is 27.4 Å². The Kier molecular flexibility index (Phi) is 5.11. The first-order valence-corrected chi connectivity index (χ1v) is 8.69. The molecule has 1 aliphatic heterocycles. The summed E-state index contributed by atoms with van der Waals surface area (Å²) in [5.74, 6) is 0.150. The molecule has 0 bridgehead atoms. The third kappa shape index (κ3) is 3.66. The standard InChI is InChI=1S/C15H21Br2N3O/c1-15(2,3)20-12(21)6-4-5-11(18)14(20)13-10(17)7-9(16)8-19-13/h7-8,11,14H,4-6,18H2,1-3H3. The molecule has 1 fully saturated rings. The predicted octanol–water partition coefficient (Wildman–Crippen LogP) is 3.79. The van der Waals surface area contributed by atoms with Crippen molar-refractivity contribution in [2.75, 3.05) is 0 Å². The first-order valence-electron chi connectivity index (χ1n) is 7.10. The molecule has 1 aromatic heterocycles. The Morgan fingerprint density at radius 1 is 1.38 bits per heavy atom. The number of halogens is 2. The van der Waals surface area contributed by atoms with Crippen LogP contribution in [0.15, 0.2) is 21.2 Å². The Morgan fingerprint density at radius 3 is 2.62 bits per heavy atom. The summed E-state index contributed by atoms with van der Waals surface area (Å²) in [5, 5.41) is 0. The number of hydrogen-bond donors (Lipinski definition) is 1. The van der Waals surface area contributed by atoms with Crippen molar-refractivity contribution < 1.29 is 4.79 Å². The topological polar surface area (TPSA) is 59.2 Å². The van der Waals surface area contributed by atoms with Gasteiger partial charge in [0, 0.05) is 33.1 Å². The summed E-state index contributed by atoms with van der Waals surface area (Å²) in [6.45, 7) is 6.13. The van der Waals surface area contributed by atoms with Gasteiger partial charge in [0.25, 0.3) is 0 Å². The molecule has 0 spiro atoms. The zero-order chi connectivity index (χ0) is 15.8. The number of nitrogens with two attached hydrogens (primary N) is 1. The van der Waals surface area contributed by atoms with Crippen molar-refractivity contribution in [2.45, 2.75) is 57.7 Å². The van der Waals surface area contributed by atoms with Crippen LogP contribution in [0.25, 0.3) is 0 Å². The normalized spacial score (nSPS) is 24.1. The molecule has 1 amide bonds. The summed E-state index contributed by atoms with van der Waals surface area (Å²) in [5.41, 5.74) is 6.94. The van der Waals surface area contributed by atoms with Crippen molar-refractivity contribution in [1.29, 1.82) is 0 Å². The molecule has 116 valence electrons. The molecule has 0 saturated carbocycles. The number of nitrogens with zero attached hydrogens (tertiary/aromatic N) is 2. The van der Waals surface area contributed by atoms with Crippen molar-refractivity contribution in [3.05, 3.63) is 26.9 Å². The molecule has 2 atom stereocenters. The Morgan fingerprint density at radius 2 is 2.05 bits per heavy atom. The van der Waals surface area contributed by atoms with Crippen LogP contribution in [0.5, 0.6) is 0 Å². The first-order chi connectivity index (χ1) is 9.71. The van der Waals surface area contributed by atoms with Gasteiger partial charge in [0.05, 0.1) is 11.7 Å². The highest BCUT2D eigenvalue weighted by molar-refractivity contribution is 9.11. The Labute approximate surface area is 142 Å². The summed E-state index contributed by atoms with van der Waals surface area (Å²) < 4.78 is 1.77. The van der Waals surface area contributed by atoms with E-state index < -0.39 is 0 Å². The van der Waals surface area contributed by atoms with Crippen molar-refractivity contribution in [3.63, 3.8) is 0 Å². The van der Waals surface area contributed by atoms with Gasteiger partial charge in [-0.2, -0.15) is 0 Å². The lowest BCUT2D eigenvalue weighted by Gasteiger charge is -2.42. The van der Waals surface area contributed by atoms with Crippen molar-refractivity contribution in [2.24, 2.45) is 5.73 Å². The number of rotatable bonds is 1. The molecule has 1 aromatic rings. The van der Waals surface area contributed by atoms with Gasteiger partial charge in [-0.3, -0.25) is 9.78 Å². The second-order valence-electron chi connectivity index (χ2n) is 6.46. The highest BCUT2D eigenvalue weighted by Gasteiger charge is 2.40. The van der Waals surface area contributed by atoms with Gasteiger partial charge < -0.3 is 10.6 Å². The van der Waals surface area contributed by atoms with Gasteiger partial charge in [-0.05, 0) is 71.5 Å². The Balaban J connectivity index is 2.54. The molecule has 2 heterocycles. The maximum Gasteiger partial charge on any atom is 0.223 e. The molecule has 1 saturated heterocycles. The summed E-state index contributed by atoms with van der Waals surface area (Å²) in [4.78, 5) is 19.0. The van der Waals surface area contributed by atoms with E-state index in [1.54, 1.807) is 6.20 Å². The number of hydrogen-bond acceptors (Lipinski definition) is 3. The minimum absolute atomic E-state index is 0.111. The maximum atomic E-state index is 12.6. The molecule has 1 aliphatic rings. The quantitative estimate of drug-likeness (QED) is 0.754. The van der Waals surface area contributed by atoms with Crippen molar-refractivity contribution in [1.82, 2.24) is 9.88 Å². The number of carbonyl (C=O) groups excluding carboxylic acids is 1. The van der Waals surface area contributed by atoms with E-state index in [0.717, 1.165) is 27.5 Å².